The molecular weight excluding hydrogens is 456 g/mol. The first-order chi connectivity index (χ1) is 14.3. The number of nitrogens with one attached hydrogen (secondary N) is 1. The average molecular weight is 471 g/mol. The molecule has 0 saturated heterocycles. The number of ether oxygens (including phenoxy) is 1. The Hall–Kier alpha value is -3.04. The lowest BCUT2D eigenvalue weighted by molar-refractivity contribution is -0.172. The van der Waals surface area contributed by atoms with Crippen molar-refractivity contribution in [1.29, 1.82) is 0 Å². The lowest BCUT2D eigenvalue weighted by atomic mass is 9.86. The Morgan fingerprint density at radius 2 is 2.00 bits per heavy atom. The number of esters is 1. The third-order valence-corrected chi connectivity index (χ3v) is 6.39. The van der Waals surface area contributed by atoms with Crippen LogP contribution >= 0.6 is 15.9 Å². The third-order valence-electron chi connectivity index (χ3n) is 5.89. The number of pyridine rings is 1. The Bertz CT molecular complexity index is 1290. The molecule has 2 aromatic rings. The van der Waals surface area contributed by atoms with Crippen LogP contribution in [0.25, 0.3) is 5.57 Å². The molecule has 1 atom stereocenters. The predicted octanol–water partition coefficient (Wildman–Crippen LogP) is 1.87. The summed E-state index contributed by atoms with van der Waals surface area (Å²) in [6, 6.07) is 6.62. The number of ketones is 1. The molecule has 0 bridgehead atoms. The highest BCUT2D eigenvalue weighted by Gasteiger charge is 2.46. The van der Waals surface area contributed by atoms with E-state index in [1.165, 1.54) is 10.6 Å². The van der Waals surface area contributed by atoms with Gasteiger partial charge in [-0.25, -0.2) is 4.79 Å². The molecule has 3 aliphatic rings. The summed E-state index contributed by atoms with van der Waals surface area (Å²) in [6.45, 7) is 1.24. The first-order valence-electron chi connectivity index (χ1n) is 9.32. The number of cyclic esters (lactones) is 1. The van der Waals surface area contributed by atoms with Crippen molar-refractivity contribution in [1.82, 2.24) is 4.57 Å². The molecular formula is C21H15BrN2O6. The molecule has 0 aliphatic carbocycles. The van der Waals surface area contributed by atoms with E-state index < -0.39 is 28.8 Å². The maximum atomic E-state index is 13.2. The molecule has 1 amide bonds. The van der Waals surface area contributed by atoms with E-state index in [2.05, 4.69) is 21.2 Å². The van der Waals surface area contributed by atoms with Crippen LogP contribution in [0.2, 0.25) is 0 Å². The molecule has 1 aromatic heterocycles. The van der Waals surface area contributed by atoms with E-state index in [0.717, 1.165) is 4.47 Å². The standard InChI is InChI=1S/C21H15BrN2O6/c1-2-21(29)13-6-15-17(25)11(7-24(15)19(27)12(13)8-30-20(21)28)16-10-5-9(22)3-4-14(10)23-18(16)26/h3-6,29H,2,7-8H2,1H3,(H,23,26)/b16-11+/t21-/m1/s1. The molecule has 4 heterocycles. The number of nitrogens with zero attached hydrogens (tertiary/aromatic N) is 1. The predicted molar refractivity (Wildman–Crippen MR) is 109 cm³/mol. The smallest absolute Gasteiger partial charge is 0.343 e. The zero-order valence-electron chi connectivity index (χ0n) is 15.7. The van der Waals surface area contributed by atoms with Gasteiger partial charge in [-0.3, -0.25) is 14.4 Å². The van der Waals surface area contributed by atoms with Crippen LogP contribution in [-0.4, -0.2) is 27.3 Å². The van der Waals surface area contributed by atoms with Gasteiger partial charge in [-0.2, -0.15) is 0 Å². The van der Waals surface area contributed by atoms with Crippen molar-refractivity contribution in [2.24, 2.45) is 0 Å². The van der Waals surface area contributed by atoms with Crippen LogP contribution in [-0.2, 0) is 33.1 Å². The number of amides is 1. The Morgan fingerprint density at radius 3 is 2.73 bits per heavy atom. The van der Waals surface area contributed by atoms with Gasteiger partial charge < -0.3 is 19.7 Å². The highest BCUT2D eigenvalue weighted by atomic mass is 79.9. The largest absolute Gasteiger partial charge is 0.458 e. The average Bonchev–Trinajstić information content (AvgIpc) is 3.21. The first-order valence-corrected chi connectivity index (χ1v) is 10.1. The summed E-state index contributed by atoms with van der Waals surface area (Å²) in [6.07, 6.45) is -0.00628. The summed E-state index contributed by atoms with van der Waals surface area (Å²) < 4.78 is 7.02. The van der Waals surface area contributed by atoms with Gasteiger partial charge in [0.25, 0.3) is 11.5 Å². The Kier molecular flexibility index (Phi) is 3.93. The van der Waals surface area contributed by atoms with E-state index in [1.807, 2.05) is 0 Å². The van der Waals surface area contributed by atoms with Gasteiger partial charge in [0, 0.05) is 26.9 Å². The second kappa shape index (κ2) is 6.23. The van der Waals surface area contributed by atoms with Crippen LogP contribution in [0.15, 0.2) is 39.1 Å². The van der Waals surface area contributed by atoms with Crippen molar-refractivity contribution >= 4 is 44.9 Å². The van der Waals surface area contributed by atoms with Crippen molar-refractivity contribution in [3.8, 4) is 0 Å². The molecule has 1 aromatic carbocycles. The number of aliphatic hydroxyl groups is 1. The van der Waals surface area contributed by atoms with Crippen LogP contribution in [0.1, 0.15) is 40.5 Å². The number of aromatic nitrogens is 1. The van der Waals surface area contributed by atoms with Gasteiger partial charge in [0.2, 0.25) is 5.78 Å². The highest BCUT2D eigenvalue weighted by Crippen LogP contribution is 2.40. The maximum Gasteiger partial charge on any atom is 0.343 e. The van der Waals surface area contributed by atoms with E-state index >= 15 is 0 Å². The van der Waals surface area contributed by atoms with Crippen molar-refractivity contribution < 1.29 is 24.2 Å². The molecule has 2 N–H and O–H groups in total. The number of hydrogen-bond donors (Lipinski definition) is 2. The summed E-state index contributed by atoms with van der Waals surface area (Å²) in [5.41, 5.74) is -0.658. The number of anilines is 1. The monoisotopic (exact) mass is 470 g/mol. The van der Waals surface area contributed by atoms with Crippen molar-refractivity contribution in [2.75, 3.05) is 5.32 Å². The van der Waals surface area contributed by atoms with E-state index in [9.17, 15) is 24.3 Å². The molecule has 30 heavy (non-hydrogen) atoms. The van der Waals surface area contributed by atoms with Crippen LogP contribution in [0.3, 0.4) is 0 Å². The van der Waals surface area contributed by atoms with Crippen molar-refractivity contribution in [3.63, 3.8) is 0 Å². The van der Waals surface area contributed by atoms with Gasteiger partial charge in [0.05, 0.1) is 23.4 Å². The summed E-state index contributed by atoms with van der Waals surface area (Å²) in [7, 11) is 0. The fourth-order valence-corrected chi connectivity index (χ4v) is 4.62. The van der Waals surface area contributed by atoms with Crippen molar-refractivity contribution in [2.45, 2.75) is 32.1 Å². The second-order valence-electron chi connectivity index (χ2n) is 7.43. The normalized spacial score (nSPS) is 24.3. The first kappa shape index (κ1) is 19.0. The van der Waals surface area contributed by atoms with E-state index in [-0.39, 0.29) is 47.5 Å². The van der Waals surface area contributed by atoms with Crippen LogP contribution in [0, 0.1) is 0 Å². The fraction of sp³-hybridized carbons (Fsp3) is 0.238. The number of halogens is 1. The quantitative estimate of drug-likeness (QED) is 0.485. The molecule has 5 rings (SSSR count). The number of benzene rings is 1. The van der Waals surface area contributed by atoms with Gasteiger partial charge in [-0.05, 0) is 30.7 Å². The molecule has 152 valence electrons. The van der Waals surface area contributed by atoms with Gasteiger partial charge in [-0.15, -0.1) is 0 Å². The van der Waals surface area contributed by atoms with Gasteiger partial charge in [0.1, 0.15) is 6.61 Å². The lowest BCUT2D eigenvalue weighted by Gasteiger charge is -2.31. The summed E-state index contributed by atoms with van der Waals surface area (Å²) in [5.74, 6) is -1.74. The van der Waals surface area contributed by atoms with Crippen LogP contribution < -0.4 is 10.9 Å². The zero-order chi connectivity index (χ0) is 21.4. The van der Waals surface area contributed by atoms with E-state index in [0.29, 0.717) is 11.3 Å². The number of fused-ring (bicyclic) bond motifs is 3. The Labute approximate surface area is 178 Å². The molecule has 0 spiro atoms. The zero-order valence-corrected chi connectivity index (χ0v) is 17.3. The summed E-state index contributed by atoms with van der Waals surface area (Å²) in [4.78, 5) is 51.1. The summed E-state index contributed by atoms with van der Waals surface area (Å²) in [5, 5.41) is 13.5. The number of carbonyl (C=O) groups is 3. The third kappa shape index (κ3) is 2.36. The number of allylic oxidation sites excluding steroid dienone is 1. The van der Waals surface area contributed by atoms with Gasteiger partial charge in [0.15, 0.2) is 5.60 Å². The number of Topliss-reactive ketones (excluding diaryl/α,β-unsaturated/α-hetero) is 1. The highest BCUT2D eigenvalue weighted by molar-refractivity contribution is 9.10. The fourth-order valence-electron chi connectivity index (χ4n) is 4.26. The maximum absolute atomic E-state index is 13.2. The molecule has 0 unspecified atom stereocenters. The lowest BCUT2D eigenvalue weighted by Crippen LogP contribution is -2.44. The SMILES string of the molecule is CC[C@]1(O)C(=O)OCc2c1cc1n(c2=O)C/C(=C2\C(=O)Nc3ccc(Br)cc32)C1=O. The van der Waals surface area contributed by atoms with Gasteiger partial charge in [-0.1, -0.05) is 22.9 Å². The molecule has 0 radical (unpaired) electrons. The van der Waals surface area contributed by atoms with E-state index in [4.69, 9.17) is 4.74 Å². The molecule has 0 saturated carbocycles. The number of carbonyl (C=O) groups excluding carboxylic acids is 3. The Morgan fingerprint density at radius 1 is 1.23 bits per heavy atom. The summed E-state index contributed by atoms with van der Waals surface area (Å²) >= 11 is 3.37. The number of rotatable bonds is 1. The van der Waals surface area contributed by atoms with Gasteiger partial charge >= 0.3 is 5.97 Å². The van der Waals surface area contributed by atoms with Crippen molar-refractivity contribution in [3.05, 3.63) is 67.0 Å². The second-order valence-corrected chi connectivity index (χ2v) is 8.35. The van der Waals surface area contributed by atoms with Crippen LogP contribution in [0.4, 0.5) is 5.69 Å². The van der Waals surface area contributed by atoms with E-state index in [1.54, 1.807) is 25.1 Å². The minimum atomic E-state index is -1.99. The van der Waals surface area contributed by atoms with Crippen LogP contribution in [0.5, 0.6) is 0 Å². The number of hydrogen-bond acceptors (Lipinski definition) is 6. The molecule has 8 nitrogen and oxygen atoms in total. The molecule has 9 heteroatoms. The topological polar surface area (TPSA) is 115 Å². The Balaban J connectivity index is 1.73. The minimum absolute atomic E-state index is 0.00628. The molecule has 0 fully saturated rings. The molecule has 3 aliphatic heterocycles. The minimum Gasteiger partial charge on any atom is -0.458 e.